The fourth-order valence-electron chi connectivity index (χ4n) is 1.41. The number of ether oxygens (including phenoxy) is 2. The minimum absolute atomic E-state index is 0.0120. The molecule has 3 nitrogen and oxygen atoms in total. The lowest BCUT2D eigenvalue weighted by molar-refractivity contribution is -0.194. The summed E-state index contributed by atoms with van der Waals surface area (Å²) in [6.07, 6.45) is -6.65. The smallest absolute Gasteiger partial charge is 0.336 e. The van der Waals surface area contributed by atoms with Crippen molar-refractivity contribution in [3.8, 4) is 11.5 Å². The van der Waals surface area contributed by atoms with Crippen molar-refractivity contribution < 1.29 is 32.1 Å². The van der Waals surface area contributed by atoms with Crippen molar-refractivity contribution in [1.82, 2.24) is 0 Å². The molecule has 0 aliphatic heterocycles. The van der Waals surface area contributed by atoms with Crippen LogP contribution in [0.15, 0.2) is 16.6 Å². The first-order valence-corrected chi connectivity index (χ1v) is 5.80. The van der Waals surface area contributed by atoms with E-state index in [0.29, 0.717) is 0 Å². The number of hydrogen-bond acceptors (Lipinski definition) is 3. The minimum Gasteiger partial charge on any atom is -0.493 e. The molecule has 0 fully saturated rings. The zero-order valence-corrected chi connectivity index (χ0v) is 11.5. The molecule has 108 valence electrons. The summed E-state index contributed by atoms with van der Waals surface area (Å²) < 4.78 is 60.5. The van der Waals surface area contributed by atoms with Crippen LogP contribution in [-0.4, -0.2) is 31.7 Å². The Kier molecular flexibility index (Phi) is 5.03. The van der Waals surface area contributed by atoms with Crippen LogP contribution < -0.4 is 9.47 Å². The first-order chi connectivity index (χ1) is 8.75. The molecule has 1 atom stereocenters. The summed E-state index contributed by atoms with van der Waals surface area (Å²) >= 11 is 2.92. The van der Waals surface area contributed by atoms with Crippen molar-refractivity contribution >= 4 is 15.9 Å². The molecule has 0 heterocycles. The highest BCUT2D eigenvalue weighted by Gasteiger charge is 2.49. The van der Waals surface area contributed by atoms with Crippen LogP contribution in [0.1, 0.15) is 11.7 Å². The third kappa shape index (κ3) is 3.11. The monoisotopic (exact) mass is 346 g/mol. The molecule has 8 heteroatoms. The largest absolute Gasteiger partial charge is 0.493 e. The van der Waals surface area contributed by atoms with Crippen LogP contribution in [0, 0.1) is 0 Å². The number of benzene rings is 1. The van der Waals surface area contributed by atoms with Gasteiger partial charge in [-0.1, -0.05) is 15.9 Å². The van der Waals surface area contributed by atoms with Crippen LogP contribution in [0.3, 0.4) is 0 Å². The molecular weight excluding hydrogens is 336 g/mol. The average molecular weight is 347 g/mol. The topological polar surface area (TPSA) is 38.7 Å². The summed E-state index contributed by atoms with van der Waals surface area (Å²) in [4.78, 5) is 0. The van der Waals surface area contributed by atoms with Gasteiger partial charge in [-0.3, -0.25) is 0 Å². The summed E-state index contributed by atoms with van der Waals surface area (Å²) in [7, 11) is 2.58. The summed E-state index contributed by atoms with van der Waals surface area (Å²) in [6, 6.07) is 2.27. The van der Waals surface area contributed by atoms with Crippen molar-refractivity contribution in [3.63, 3.8) is 0 Å². The molecule has 19 heavy (non-hydrogen) atoms. The fourth-order valence-corrected chi connectivity index (χ4v) is 1.95. The van der Waals surface area contributed by atoms with Crippen LogP contribution in [0.5, 0.6) is 11.5 Å². The summed E-state index contributed by atoms with van der Waals surface area (Å²) in [5.74, 6) is -4.31. The van der Waals surface area contributed by atoms with Crippen molar-refractivity contribution in [3.05, 3.63) is 22.2 Å². The highest BCUT2D eigenvalue weighted by Crippen LogP contribution is 2.42. The number of alkyl halides is 4. The molecule has 1 rings (SSSR count). The lowest BCUT2D eigenvalue weighted by Gasteiger charge is -2.23. The van der Waals surface area contributed by atoms with Gasteiger partial charge < -0.3 is 14.6 Å². The van der Waals surface area contributed by atoms with Crippen LogP contribution in [-0.2, 0) is 0 Å². The van der Waals surface area contributed by atoms with Crippen LogP contribution in [0.25, 0.3) is 0 Å². The summed E-state index contributed by atoms with van der Waals surface area (Å²) in [5, 5.41) is 9.43. The molecule has 1 aromatic rings. The average Bonchev–Trinajstić information content (AvgIpc) is 2.37. The first kappa shape index (κ1) is 16.0. The molecule has 0 spiro atoms. The molecule has 1 N–H and O–H groups in total. The van der Waals surface area contributed by atoms with Crippen molar-refractivity contribution in [1.29, 1.82) is 0 Å². The van der Waals surface area contributed by atoms with Gasteiger partial charge in [0.15, 0.2) is 11.5 Å². The molecule has 0 radical (unpaired) electrons. The van der Waals surface area contributed by atoms with Gasteiger partial charge in [-0.15, -0.1) is 0 Å². The second-order valence-electron chi connectivity index (χ2n) is 3.61. The quantitative estimate of drug-likeness (QED) is 0.830. The van der Waals surface area contributed by atoms with E-state index in [-0.39, 0.29) is 16.0 Å². The zero-order chi connectivity index (χ0) is 14.8. The Morgan fingerprint density at radius 2 is 1.63 bits per heavy atom. The number of rotatable bonds is 5. The number of methoxy groups -OCH3 is 2. The van der Waals surface area contributed by atoms with E-state index in [1.54, 1.807) is 0 Å². The summed E-state index contributed by atoms with van der Waals surface area (Å²) in [5.41, 5.74) is -0.414. The van der Waals surface area contributed by atoms with E-state index < -0.39 is 24.0 Å². The van der Waals surface area contributed by atoms with Gasteiger partial charge in [-0.25, -0.2) is 8.78 Å². The molecular formula is C11H11BrF4O3. The number of halogens is 5. The van der Waals surface area contributed by atoms with Gasteiger partial charge in [0.1, 0.15) is 6.10 Å². The minimum atomic E-state index is -4.57. The third-order valence-electron chi connectivity index (χ3n) is 2.45. The molecule has 0 saturated heterocycles. The number of aliphatic hydroxyl groups is 1. The van der Waals surface area contributed by atoms with Gasteiger partial charge in [0, 0.05) is 10.0 Å². The van der Waals surface area contributed by atoms with E-state index in [9.17, 15) is 22.7 Å². The Morgan fingerprint density at radius 1 is 1.16 bits per heavy atom. The van der Waals surface area contributed by atoms with Crippen LogP contribution in [0.4, 0.5) is 17.6 Å². The molecule has 0 amide bonds. The van der Waals surface area contributed by atoms with Gasteiger partial charge in [0.05, 0.1) is 14.2 Å². The Balaban J connectivity index is 3.28. The van der Waals surface area contributed by atoms with Crippen LogP contribution in [0.2, 0.25) is 0 Å². The first-order valence-electron chi connectivity index (χ1n) is 5.01. The van der Waals surface area contributed by atoms with Crippen molar-refractivity contribution in [2.45, 2.75) is 18.5 Å². The Bertz CT molecular complexity index is 454. The van der Waals surface area contributed by atoms with Gasteiger partial charge >= 0.3 is 12.3 Å². The van der Waals surface area contributed by atoms with Gasteiger partial charge in [-0.2, -0.15) is 8.78 Å². The van der Waals surface area contributed by atoms with E-state index in [1.165, 1.54) is 20.3 Å². The van der Waals surface area contributed by atoms with Crippen molar-refractivity contribution in [2.75, 3.05) is 14.2 Å². The summed E-state index contributed by atoms with van der Waals surface area (Å²) in [6.45, 7) is 0. The predicted octanol–water partition coefficient (Wildman–Crippen LogP) is 3.40. The number of hydrogen-bond donors (Lipinski definition) is 1. The van der Waals surface area contributed by atoms with E-state index in [0.717, 1.165) is 6.07 Å². The second-order valence-corrected chi connectivity index (χ2v) is 4.46. The van der Waals surface area contributed by atoms with Crippen molar-refractivity contribution in [2.24, 2.45) is 0 Å². The Morgan fingerprint density at radius 3 is 2.05 bits per heavy atom. The van der Waals surface area contributed by atoms with Gasteiger partial charge in [0.25, 0.3) is 0 Å². The van der Waals surface area contributed by atoms with E-state index in [1.807, 2.05) is 0 Å². The second kappa shape index (κ2) is 5.96. The maximum atomic E-state index is 13.1. The molecule has 0 aromatic heterocycles. The Labute approximate surface area is 115 Å². The maximum Gasteiger partial charge on any atom is 0.336 e. The zero-order valence-electron chi connectivity index (χ0n) is 9.96. The molecule has 1 unspecified atom stereocenters. The molecule has 0 saturated carbocycles. The SMILES string of the molecule is COc1cc(Br)c(C(O)C(F)(F)C(F)F)cc1OC. The predicted molar refractivity (Wildman–Crippen MR) is 63.2 cm³/mol. The van der Waals surface area contributed by atoms with Gasteiger partial charge in [0.2, 0.25) is 0 Å². The highest BCUT2D eigenvalue weighted by atomic mass is 79.9. The molecule has 0 aliphatic carbocycles. The van der Waals surface area contributed by atoms with Gasteiger partial charge in [-0.05, 0) is 12.1 Å². The Hall–Kier alpha value is -1.02. The third-order valence-corrected chi connectivity index (χ3v) is 3.14. The molecule has 0 aliphatic rings. The van der Waals surface area contributed by atoms with E-state index in [2.05, 4.69) is 15.9 Å². The van der Waals surface area contributed by atoms with E-state index >= 15 is 0 Å². The van der Waals surface area contributed by atoms with E-state index in [4.69, 9.17) is 9.47 Å². The molecule has 1 aromatic carbocycles. The standard InChI is InChI=1S/C11H11BrF4O3/c1-18-7-3-5(6(12)4-8(7)19-2)9(17)11(15,16)10(13)14/h3-4,9-10,17H,1-2H3. The molecule has 0 bridgehead atoms. The van der Waals surface area contributed by atoms with Crippen LogP contribution >= 0.6 is 15.9 Å². The maximum absolute atomic E-state index is 13.1. The lowest BCUT2D eigenvalue weighted by Crippen LogP contribution is -2.34. The fraction of sp³-hybridized carbons (Fsp3) is 0.455. The lowest BCUT2D eigenvalue weighted by atomic mass is 10.0. The normalized spacial score (nSPS) is 13.5. The number of aliphatic hydroxyl groups excluding tert-OH is 1. The highest BCUT2D eigenvalue weighted by molar-refractivity contribution is 9.10.